The van der Waals surface area contributed by atoms with E-state index in [2.05, 4.69) is 26.4 Å². The standard InChI is InChI=1S/C16H17N5O2/c1-10-6-14(21-16(19-10)17-9-18-21)20-12-7-11-4-3-5-13(22-2)15(11)23-8-12/h3-6,9,12,20H,7-8H2,1-2H3. The Kier molecular flexibility index (Phi) is 3.25. The van der Waals surface area contributed by atoms with Crippen LogP contribution in [0.1, 0.15) is 11.3 Å². The van der Waals surface area contributed by atoms with Crippen LogP contribution >= 0.6 is 0 Å². The van der Waals surface area contributed by atoms with Crippen LogP contribution in [0.2, 0.25) is 0 Å². The lowest BCUT2D eigenvalue weighted by atomic mass is 10.0. The zero-order valence-electron chi connectivity index (χ0n) is 13.0. The molecule has 7 heteroatoms. The zero-order chi connectivity index (χ0) is 15.8. The molecule has 0 fully saturated rings. The molecule has 1 aliphatic heterocycles. The van der Waals surface area contributed by atoms with Crippen molar-refractivity contribution in [3.05, 3.63) is 41.9 Å². The first-order chi connectivity index (χ1) is 11.2. The molecule has 23 heavy (non-hydrogen) atoms. The Morgan fingerprint density at radius 2 is 2.30 bits per heavy atom. The monoisotopic (exact) mass is 311 g/mol. The number of benzene rings is 1. The number of anilines is 1. The fourth-order valence-electron chi connectivity index (χ4n) is 2.89. The minimum atomic E-state index is 0.142. The van der Waals surface area contributed by atoms with Gasteiger partial charge in [-0.15, -0.1) is 0 Å². The molecule has 1 aromatic carbocycles. The van der Waals surface area contributed by atoms with Crippen molar-refractivity contribution in [1.82, 2.24) is 19.6 Å². The lowest BCUT2D eigenvalue weighted by molar-refractivity contribution is 0.256. The fourth-order valence-corrected chi connectivity index (χ4v) is 2.89. The number of aromatic nitrogens is 4. The average Bonchev–Trinajstić information content (AvgIpc) is 3.02. The van der Waals surface area contributed by atoms with Crippen LogP contribution in [0.3, 0.4) is 0 Å². The van der Waals surface area contributed by atoms with Crippen molar-refractivity contribution >= 4 is 11.6 Å². The molecular weight excluding hydrogens is 294 g/mol. The second-order valence-corrected chi connectivity index (χ2v) is 5.56. The van der Waals surface area contributed by atoms with Gasteiger partial charge in [0.1, 0.15) is 18.8 Å². The molecule has 4 rings (SSSR count). The molecule has 1 aliphatic rings. The first-order valence-electron chi connectivity index (χ1n) is 7.47. The van der Waals surface area contributed by atoms with Gasteiger partial charge in [-0.05, 0) is 19.4 Å². The summed E-state index contributed by atoms with van der Waals surface area (Å²) in [6.07, 6.45) is 2.36. The first kappa shape index (κ1) is 13.8. The van der Waals surface area contributed by atoms with Crippen molar-refractivity contribution in [3.63, 3.8) is 0 Å². The third kappa shape index (κ3) is 2.44. The van der Waals surface area contributed by atoms with E-state index in [1.54, 1.807) is 11.6 Å². The van der Waals surface area contributed by atoms with Crippen LogP contribution < -0.4 is 14.8 Å². The third-order valence-corrected chi connectivity index (χ3v) is 3.91. The summed E-state index contributed by atoms with van der Waals surface area (Å²) in [7, 11) is 1.66. The van der Waals surface area contributed by atoms with Crippen molar-refractivity contribution in [2.24, 2.45) is 0 Å². The molecule has 0 bridgehead atoms. The second-order valence-electron chi connectivity index (χ2n) is 5.56. The van der Waals surface area contributed by atoms with Gasteiger partial charge in [-0.25, -0.2) is 4.98 Å². The number of nitrogens with zero attached hydrogens (tertiary/aromatic N) is 4. The second kappa shape index (κ2) is 5.42. The van der Waals surface area contributed by atoms with E-state index in [0.717, 1.165) is 35.0 Å². The Labute approximate surface area is 133 Å². The maximum absolute atomic E-state index is 5.91. The summed E-state index contributed by atoms with van der Waals surface area (Å²) in [4.78, 5) is 8.49. The molecule has 0 amide bonds. The van der Waals surface area contributed by atoms with Crippen molar-refractivity contribution < 1.29 is 9.47 Å². The SMILES string of the molecule is COc1cccc2c1OCC(Nc1cc(C)nc3ncnn13)C2. The summed E-state index contributed by atoms with van der Waals surface area (Å²) in [5, 5.41) is 7.70. The lowest BCUT2D eigenvalue weighted by Crippen LogP contribution is -2.34. The zero-order valence-corrected chi connectivity index (χ0v) is 13.0. The minimum Gasteiger partial charge on any atom is -0.493 e. The van der Waals surface area contributed by atoms with Gasteiger partial charge in [0.2, 0.25) is 0 Å². The smallest absolute Gasteiger partial charge is 0.254 e. The Bertz CT molecular complexity index is 861. The molecule has 3 heterocycles. The molecule has 3 aromatic rings. The maximum Gasteiger partial charge on any atom is 0.254 e. The number of hydrogen-bond donors (Lipinski definition) is 1. The summed E-state index contributed by atoms with van der Waals surface area (Å²) in [5.74, 6) is 3.07. The van der Waals surface area contributed by atoms with Crippen molar-refractivity contribution in [1.29, 1.82) is 0 Å². The quantitative estimate of drug-likeness (QED) is 0.796. The number of fused-ring (bicyclic) bond motifs is 2. The van der Waals surface area contributed by atoms with E-state index in [-0.39, 0.29) is 6.04 Å². The maximum atomic E-state index is 5.91. The molecule has 2 aromatic heterocycles. The molecular formula is C16H17N5O2. The summed E-state index contributed by atoms with van der Waals surface area (Å²) in [6, 6.07) is 8.06. The number of rotatable bonds is 3. The normalized spacial score (nSPS) is 16.7. The van der Waals surface area contributed by atoms with Crippen LogP contribution in [0.4, 0.5) is 5.82 Å². The predicted octanol–water partition coefficient (Wildman–Crippen LogP) is 1.86. The van der Waals surface area contributed by atoms with Crippen LogP contribution in [-0.4, -0.2) is 39.3 Å². The van der Waals surface area contributed by atoms with Crippen LogP contribution in [0.25, 0.3) is 5.78 Å². The van der Waals surface area contributed by atoms with Gasteiger partial charge in [0, 0.05) is 17.3 Å². The van der Waals surface area contributed by atoms with Crippen LogP contribution in [0.15, 0.2) is 30.6 Å². The summed E-state index contributed by atoms with van der Waals surface area (Å²) in [5.41, 5.74) is 2.03. The number of methoxy groups -OCH3 is 1. The van der Waals surface area contributed by atoms with Crippen LogP contribution in [0, 0.1) is 6.92 Å². The average molecular weight is 311 g/mol. The molecule has 7 nitrogen and oxygen atoms in total. The highest BCUT2D eigenvalue weighted by atomic mass is 16.5. The Morgan fingerprint density at radius 1 is 1.39 bits per heavy atom. The molecule has 1 N–H and O–H groups in total. The van der Waals surface area contributed by atoms with E-state index >= 15 is 0 Å². The van der Waals surface area contributed by atoms with Crippen molar-refractivity contribution in [2.45, 2.75) is 19.4 Å². The predicted molar refractivity (Wildman–Crippen MR) is 85.1 cm³/mol. The summed E-state index contributed by atoms with van der Waals surface area (Å²) in [6.45, 7) is 2.50. The van der Waals surface area contributed by atoms with Gasteiger partial charge >= 0.3 is 0 Å². The molecule has 0 radical (unpaired) electrons. The van der Waals surface area contributed by atoms with E-state index in [0.29, 0.717) is 12.4 Å². The van der Waals surface area contributed by atoms with Gasteiger partial charge in [0.05, 0.1) is 13.2 Å². The van der Waals surface area contributed by atoms with Gasteiger partial charge in [-0.1, -0.05) is 12.1 Å². The first-order valence-corrected chi connectivity index (χ1v) is 7.47. The van der Waals surface area contributed by atoms with Crippen molar-refractivity contribution in [3.8, 4) is 11.5 Å². The number of aryl methyl sites for hydroxylation is 1. The fraction of sp³-hybridized carbons (Fsp3) is 0.312. The molecule has 0 aliphatic carbocycles. The molecule has 0 spiro atoms. The molecule has 0 saturated carbocycles. The number of hydrogen-bond acceptors (Lipinski definition) is 6. The summed E-state index contributed by atoms with van der Waals surface area (Å²) >= 11 is 0. The minimum absolute atomic E-state index is 0.142. The number of ether oxygens (including phenoxy) is 2. The third-order valence-electron chi connectivity index (χ3n) is 3.91. The number of para-hydroxylation sites is 1. The Morgan fingerprint density at radius 3 is 3.17 bits per heavy atom. The van der Waals surface area contributed by atoms with E-state index in [4.69, 9.17) is 9.47 Å². The lowest BCUT2D eigenvalue weighted by Gasteiger charge is -2.27. The van der Waals surface area contributed by atoms with E-state index < -0.39 is 0 Å². The van der Waals surface area contributed by atoms with Crippen LogP contribution in [0.5, 0.6) is 11.5 Å². The highest BCUT2D eigenvalue weighted by molar-refractivity contribution is 5.50. The highest BCUT2D eigenvalue weighted by Gasteiger charge is 2.23. The summed E-state index contributed by atoms with van der Waals surface area (Å²) < 4.78 is 13.0. The van der Waals surface area contributed by atoms with E-state index in [1.165, 1.54) is 6.33 Å². The largest absolute Gasteiger partial charge is 0.493 e. The Balaban J connectivity index is 1.61. The van der Waals surface area contributed by atoms with Crippen LogP contribution in [-0.2, 0) is 6.42 Å². The molecule has 118 valence electrons. The van der Waals surface area contributed by atoms with Gasteiger partial charge in [-0.3, -0.25) is 0 Å². The Hall–Kier alpha value is -2.83. The molecule has 1 unspecified atom stereocenters. The van der Waals surface area contributed by atoms with Gasteiger partial charge in [-0.2, -0.15) is 14.6 Å². The van der Waals surface area contributed by atoms with Crippen molar-refractivity contribution in [2.75, 3.05) is 19.0 Å². The van der Waals surface area contributed by atoms with Gasteiger partial charge in [0.15, 0.2) is 11.5 Å². The topological polar surface area (TPSA) is 73.6 Å². The number of nitrogens with one attached hydrogen (secondary N) is 1. The molecule has 0 saturated heterocycles. The molecule has 1 atom stereocenters. The van der Waals surface area contributed by atoms with E-state index in [1.807, 2.05) is 25.1 Å². The van der Waals surface area contributed by atoms with Gasteiger partial charge < -0.3 is 14.8 Å². The van der Waals surface area contributed by atoms with E-state index in [9.17, 15) is 0 Å². The van der Waals surface area contributed by atoms with Gasteiger partial charge in [0.25, 0.3) is 5.78 Å². The highest BCUT2D eigenvalue weighted by Crippen LogP contribution is 2.35.